The second-order valence-electron chi connectivity index (χ2n) is 22.3. The third kappa shape index (κ3) is 8.26. The summed E-state index contributed by atoms with van der Waals surface area (Å²) in [7, 11) is 0. The van der Waals surface area contributed by atoms with Crippen LogP contribution in [0.2, 0.25) is 0 Å². The van der Waals surface area contributed by atoms with Gasteiger partial charge >= 0.3 is 0 Å². The largest absolute Gasteiger partial charge is 0.458 e. The van der Waals surface area contributed by atoms with E-state index in [0.29, 0.717) is 41.1 Å². The van der Waals surface area contributed by atoms with Crippen LogP contribution in [0.4, 0.5) is 0 Å². The summed E-state index contributed by atoms with van der Waals surface area (Å²) >= 11 is 0. The second-order valence-corrected chi connectivity index (χ2v) is 22.3. The minimum Gasteiger partial charge on any atom is -0.458 e. The molecule has 6 heteroatoms. The number of ether oxygens (including phenoxy) is 1. The third-order valence-electron chi connectivity index (χ3n) is 15.8. The van der Waals surface area contributed by atoms with E-state index in [0.717, 1.165) is 68.3 Å². The van der Waals surface area contributed by atoms with Gasteiger partial charge in [0.25, 0.3) is 6.33 Å². The van der Waals surface area contributed by atoms with Gasteiger partial charge in [-0.05, 0) is 155 Å². The summed E-state index contributed by atoms with van der Waals surface area (Å²) in [6, 6.07) is 46.7. The maximum Gasteiger partial charge on any atom is 0.269 e. The second kappa shape index (κ2) is 18.6. The van der Waals surface area contributed by atoms with Gasteiger partial charge in [0, 0.05) is 40.9 Å². The van der Waals surface area contributed by atoms with Crippen molar-refractivity contribution in [3.8, 4) is 56.6 Å². The molecule has 9 aromatic carbocycles. The predicted molar refractivity (Wildman–Crippen MR) is 321 cm³/mol. The Morgan fingerprint density at radius 1 is 0.577 bits per heavy atom. The van der Waals surface area contributed by atoms with Crippen molar-refractivity contribution in [1.82, 2.24) is 18.7 Å². The lowest BCUT2D eigenvalue weighted by Crippen LogP contribution is -2.31. The maximum atomic E-state index is 9.98. The quantitative estimate of drug-likeness (QED) is 0.107. The van der Waals surface area contributed by atoms with E-state index in [-0.39, 0.29) is 38.8 Å². The van der Waals surface area contributed by atoms with Crippen molar-refractivity contribution in [3.05, 3.63) is 242 Å². The molecule has 13 aromatic rings. The Morgan fingerprint density at radius 3 is 1.91 bits per heavy atom. The van der Waals surface area contributed by atoms with Crippen LogP contribution in [0, 0.1) is 11.7 Å². The lowest BCUT2D eigenvalue weighted by Gasteiger charge is -2.34. The van der Waals surface area contributed by atoms with Gasteiger partial charge in [-0.3, -0.25) is 13.7 Å². The fourth-order valence-electron chi connectivity index (χ4n) is 11.6. The third-order valence-corrected chi connectivity index (χ3v) is 15.8. The molecule has 0 N–H and O–H groups in total. The molecule has 0 amide bonds. The topological polar surface area (TPSA) is 40.8 Å². The van der Waals surface area contributed by atoms with Gasteiger partial charge in [0.2, 0.25) is 0 Å². The highest BCUT2D eigenvalue weighted by molar-refractivity contribution is 6.12. The van der Waals surface area contributed by atoms with E-state index in [1.54, 1.807) is 22.8 Å². The van der Waals surface area contributed by atoms with Gasteiger partial charge in [-0.1, -0.05) is 168 Å². The Hall–Kier alpha value is -9.00. The van der Waals surface area contributed by atoms with E-state index in [2.05, 4.69) is 135 Å². The van der Waals surface area contributed by atoms with Crippen LogP contribution in [0.25, 0.3) is 99.8 Å². The average molecular weight is 1020 g/mol. The molecule has 78 heavy (non-hydrogen) atoms. The summed E-state index contributed by atoms with van der Waals surface area (Å²) in [6.45, 7) is 11.0. The molecule has 0 bridgehead atoms. The summed E-state index contributed by atoms with van der Waals surface area (Å²) in [4.78, 5) is 5.00. The smallest absolute Gasteiger partial charge is 0.269 e. The zero-order valence-electron chi connectivity index (χ0n) is 55.1. The zero-order valence-corrected chi connectivity index (χ0v) is 44.1. The number of hydrogen-bond acceptors (Lipinski definition) is 2. The van der Waals surface area contributed by atoms with E-state index >= 15 is 0 Å². The summed E-state index contributed by atoms with van der Waals surface area (Å²) in [5, 5.41) is 4.39. The number of fused-ring (bicyclic) bond motifs is 7. The Kier molecular flexibility index (Phi) is 8.81. The summed E-state index contributed by atoms with van der Waals surface area (Å²) in [5.74, 6) is 0.863. The van der Waals surface area contributed by atoms with Gasteiger partial charge in [-0.2, -0.15) is 0 Å². The monoisotopic (exact) mass is 1020 g/mol. The maximum absolute atomic E-state index is 9.98. The number of hydrogen-bond donors (Lipinski definition) is 0. The molecule has 380 valence electrons. The van der Waals surface area contributed by atoms with Gasteiger partial charge in [-0.25, -0.2) is 4.98 Å². The highest BCUT2D eigenvalue weighted by atomic mass is 16.5. The molecule has 1 aliphatic rings. The van der Waals surface area contributed by atoms with Gasteiger partial charge in [0.15, 0.2) is 0 Å². The van der Waals surface area contributed by atoms with Gasteiger partial charge < -0.3 is 9.30 Å². The first-order valence-electron chi connectivity index (χ1n) is 32.1. The molecule has 0 aliphatic heterocycles. The van der Waals surface area contributed by atoms with Gasteiger partial charge in [0.05, 0.1) is 58.2 Å². The standard InChI is InChI=1S/C72H61N5O/c1-71(2,3)52-38-41-73-69(43-52)77-65-35-31-54(76-63-28-14-12-24-59(63)60-25-13-15-29-64(60)76)45-62(65)61-33-32-56(46-67(61)77)78-55-23-16-22-53(44-55)74-47-75(66-34-30-51(42-68(66)74)48-36-39-72(4,5)40-37-48)70-57(49-18-8-6-9-19-49)26-17-27-58(70)50-20-10-7-11-21-50/h6-35,38,41-46,48H,36-37,39-40H2,1-5H3/i6D,7D,8D,9D,10D,11D,18D,19D,20D,21D,48D. The number of nitrogens with zero attached hydrogens (tertiary/aromatic N) is 5. The van der Waals surface area contributed by atoms with Crippen LogP contribution >= 0.6 is 0 Å². The Labute approximate surface area is 471 Å². The highest BCUT2D eigenvalue weighted by Gasteiger charge is 2.29. The van der Waals surface area contributed by atoms with Crippen molar-refractivity contribution < 1.29 is 24.4 Å². The fourth-order valence-corrected chi connectivity index (χ4v) is 11.6. The van der Waals surface area contributed by atoms with Crippen molar-refractivity contribution in [3.63, 3.8) is 0 Å². The lowest BCUT2D eigenvalue weighted by molar-refractivity contribution is -0.571. The normalized spacial score (nSPS) is 16.4. The molecule has 4 aromatic heterocycles. The number of pyridine rings is 1. The van der Waals surface area contributed by atoms with E-state index < -0.39 is 66.3 Å². The number of rotatable bonds is 9. The highest BCUT2D eigenvalue weighted by Crippen LogP contribution is 2.44. The SMILES string of the molecule is [2H]c1c([2H])c([2H])c(-c2cccc(-c3c([2H])c([2H])c([2H])c([2H])c3[2H])c2-[n+]2[c-]n(-c3cccc(Oc4ccc5c6cc(-n7c8ccccc8c8ccccc87)ccc6n(-c6cc(C(C)(C)C)ccn6)c5c4)c3)c3cc(C4([2H])CCC(C)(C)CC4)ccc32)c([2H])c1[2H]. The van der Waals surface area contributed by atoms with Crippen LogP contribution in [0.15, 0.2) is 224 Å². The fraction of sp³-hybridized carbons (Fsp3) is 0.167. The minimum atomic E-state index is -0.935. The van der Waals surface area contributed by atoms with Crippen molar-refractivity contribution in [2.24, 2.45) is 5.41 Å². The molecule has 14 rings (SSSR count). The number of aromatic nitrogens is 5. The summed E-state index contributed by atoms with van der Waals surface area (Å²) in [6.07, 6.45) is 8.38. The molecule has 0 unspecified atom stereocenters. The van der Waals surface area contributed by atoms with Crippen LogP contribution < -0.4 is 9.30 Å². The Bertz CT molecular complexity index is 4920. The molecule has 0 atom stereocenters. The zero-order chi connectivity index (χ0) is 62.3. The van der Waals surface area contributed by atoms with Crippen LogP contribution in [0.1, 0.15) is 92.4 Å². The van der Waals surface area contributed by atoms with E-state index in [9.17, 15) is 6.85 Å². The van der Waals surface area contributed by atoms with E-state index in [1.165, 1.54) is 10.8 Å². The first-order chi connectivity index (χ1) is 42.5. The molecular formula is C72H61N5O. The first-order valence-corrected chi connectivity index (χ1v) is 26.6. The Balaban J connectivity index is 0.959. The van der Waals surface area contributed by atoms with Crippen molar-refractivity contribution in [2.45, 2.75) is 71.6 Å². The molecule has 1 fully saturated rings. The number of imidazole rings is 1. The van der Waals surface area contributed by atoms with Gasteiger partial charge in [-0.15, -0.1) is 0 Å². The molecule has 0 radical (unpaired) electrons. The summed E-state index contributed by atoms with van der Waals surface area (Å²) < 4.78 is 114. The van der Waals surface area contributed by atoms with Crippen LogP contribution in [0.5, 0.6) is 11.5 Å². The summed E-state index contributed by atoms with van der Waals surface area (Å²) in [5.41, 5.74) is 8.75. The molecule has 0 saturated heterocycles. The van der Waals surface area contributed by atoms with Crippen molar-refractivity contribution >= 4 is 54.6 Å². The van der Waals surface area contributed by atoms with Crippen molar-refractivity contribution in [2.75, 3.05) is 0 Å². The molecular weight excluding hydrogens is 951 g/mol. The lowest BCUT2D eigenvalue weighted by atomic mass is 9.71. The molecule has 1 aliphatic carbocycles. The van der Waals surface area contributed by atoms with Crippen LogP contribution in [-0.4, -0.2) is 18.7 Å². The molecule has 6 nitrogen and oxygen atoms in total. The molecule has 1 saturated carbocycles. The predicted octanol–water partition coefficient (Wildman–Crippen LogP) is 18.4. The number of para-hydroxylation sites is 3. The van der Waals surface area contributed by atoms with Crippen LogP contribution in [0.3, 0.4) is 0 Å². The number of benzene rings is 9. The molecule has 4 heterocycles. The average Bonchev–Trinajstić information content (AvgIpc) is 1.71. The van der Waals surface area contributed by atoms with E-state index in [1.807, 2.05) is 65.4 Å². The van der Waals surface area contributed by atoms with Crippen molar-refractivity contribution in [1.29, 1.82) is 0 Å². The molecule has 0 spiro atoms. The van der Waals surface area contributed by atoms with Gasteiger partial charge in [0.1, 0.15) is 17.3 Å². The van der Waals surface area contributed by atoms with E-state index in [4.69, 9.17) is 17.9 Å². The minimum absolute atomic E-state index is 0.0757. The Morgan fingerprint density at radius 2 is 1.22 bits per heavy atom. The first kappa shape index (κ1) is 36.9. The van der Waals surface area contributed by atoms with Crippen LogP contribution in [-0.2, 0) is 5.41 Å².